The number of methoxy groups -OCH3 is 1. The minimum Gasteiger partial charge on any atom is -0.465 e. The van der Waals surface area contributed by atoms with Crippen LogP contribution in [0.3, 0.4) is 0 Å². The molecule has 12 heteroatoms. The number of hydrogen-bond acceptors (Lipinski definition) is 7. The molecule has 0 atom stereocenters. The van der Waals surface area contributed by atoms with Gasteiger partial charge in [-0.3, -0.25) is 4.72 Å². The van der Waals surface area contributed by atoms with Crippen molar-refractivity contribution in [2.75, 3.05) is 17.1 Å². The summed E-state index contributed by atoms with van der Waals surface area (Å²) in [5.41, 5.74) is 0.974. The average molecular weight is 560 g/mol. The Morgan fingerprint density at radius 1 is 0.974 bits per heavy atom. The monoisotopic (exact) mass is 559 g/mol. The van der Waals surface area contributed by atoms with Crippen LogP contribution in [-0.2, 0) is 14.8 Å². The van der Waals surface area contributed by atoms with Gasteiger partial charge in [-0.2, -0.15) is 0 Å². The SMILES string of the molecule is COC(=O)c1cc(Oc2ccc(NS(=O)(=O)c3cccc(Cl)c3C)nc2)ccc1Nc1ccc(F)c(F)c1. The summed E-state index contributed by atoms with van der Waals surface area (Å²) in [7, 11) is -2.73. The van der Waals surface area contributed by atoms with Gasteiger partial charge in [0.05, 0.1) is 29.5 Å². The van der Waals surface area contributed by atoms with Gasteiger partial charge in [0.1, 0.15) is 17.3 Å². The van der Waals surface area contributed by atoms with Crippen LogP contribution < -0.4 is 14.8 Å². The second-order valence-corrected chi connectivity index (χ2v) is 9.96. The molecular weight excluding hydrogens is 540 g/mol. The fraction of sp³-hybridized carbons (Fsp3) is 0.0769. The van der Waals surface area contributed by atoms with Crippen molar-refractivity contribution in [3.8, 4) is 11.5 Å². The van der Waals surface area contributed by atoms with Gasteiger partial charge < -0.3 is 14.8 Å². The summed E-state index contributed by atoms with van der Waals surface area (Å²) in [5, 5.41) is 3.17. The molecule has 0 fully saturated rings. The highest BCUT2D eigenvalue weighted by molar-refractivity contribution is 7.92. The van der Waals surface area contributed by atoms with E-state index in [9.17, 15) is 22.0 Å². The van der Waals surface area contributed by atoms with Crippen molar-refractivity contribution < 1.29 is 31.5 Å². The van der Waals surface area contributed by atoms with Crippen LogP contribution in [0.4, 0.5) is 26.0 Å². The molecular formula is C26H20ClF2N3O5S. The number of nitrogens with zero attached hydrogens (tertiary/aromatic N) is 1. The largest absolute Gasteiger partial charge is 0.465 e. The first-order valence-electron chi connectivity index (χ1n) is 10.9. The highest BCUT2D eigenvalue weighted by Crippen LogP contribution is 2.30. The van der Waals surface area contributed by atoms with E-state index >= 15 is 0 Å². The first-order valence-corrected chi connectivity index (χ1v) is 12.8. The first kappa shape index (κ1) is 26.8. The molecule has 2 N–H and O–H groups in total. The predicted octanol–water partition coefficient (Wildman–Crippen LogP) is 6.44. The summed E-state index contributed by atoms with van der Waals surface area (Å²) < 4.78 is 65.3. The summed E-state index contributed by atoms with van der Waals surface area (Å²) in [6.07, 6.45) is 1.30. The average Bonchev–Trinajstić information content (AvgIpc) is 2.89. The number of halogens is 3. The van der Waals surface area contributed by atoms with Gasteiger partial charge in [-0.1, -0.05) is 17.7 Å². The maximum atomic E-state index is 13.6. The third-order valence-corrected chi connectivity index (χ3v) is 7.22. The highest BCUT2D eigenvalue weighted by atomic mass is 35.5. The van der Waals surface area contributed by atoms with Crippen LogP contribution in [0.5, 0.6) is 11.5 Å². The van der Waals surface area contributed by atoms with Gasteiger partial charge in [-0.25, -0.2) is 27.0 Å². The highest BCUT2D eigenvalue weighted by Gasteiger charge is 2.19. The molecule has 0 radical (unpaired) electrons. The van der Waals surface area contributed by atoms with Crippen LogP contribution in [0.15, 0.2) is 77.8 Å². The number of rotatable bonds is 8. The van der Waals surface area contributed by atoms with E-state index < -0.39 is 27.6 Å². The van der Waals surface area contributed by atoms with Gasteiger partial charge in [-0.15, -0.1) is 0 Å². The number of carbonyl (C=O) groups is 1. The zero-order chi connectivity index (χ0) is 27.4. The fourth-order valence-corrected chi connectivity index (χ4v) is 4.92. The van der Waals surface area contributed by atoms with E-state index in [2.05, 4.69) is 15.0 Å². The normalized spacial score (nSPS) is 11.1. The van der Waals surface area contributed by atoms with Gasteiger partial charge in [0.15, 0.2) is 11.6 Å². The maximum Gasteiger partial charge on any atom is 0.340 e. The third-order valence-electron chi connectivity index (χ3n) is 5.31. The lowest BCUT2D eigenvalue weighted by Crippen LogP contribution is -2.15. The molecule has 0 amide bonds. The first-order chi connectivity index (χ1) is 18.1. The van der Waals surface area contributed by atoms with Gasteiger partial charge in [-0.05, 0) is 67.1 Å². The van der Waals surface area contributed by atoms with Crippen LogP contribution in [0.25, 0.3) is 0 Å². The molecule has 4 aromatic rings. The van der Waals surface area contributed by atoms with Crippen molar-refractivity contribution in [3.63, 3.8) is 0 Å². The summed E-state index contributed by atoms with van der Waals surface area (Å²) in [6, 6.07) is 15.1. The van der Waals surface area contributed by atoms with Crippen LogP contribution >= 0.6 is 11.6 Å². The van der Waals surface area contributed by atoms with E-state index in [1.54, 1.807) is 13.0 Å². The number of hydrogen-bond donors (Lipinski definition) is 2. The number of ether oxygens (including phenoxy) is 2. The van der Waals surface area contributed by atoms with E-state index in [-0.39, 0.29) is 39.2 Å². The molecule has 0 spiro atoms. The number of anilines is 3. The Bertz CT molecular complexity index is 1620. The molecule has 3 aromatic carbocycles. The number of sulfonamides is 1. The van der Waals surface area contributed by atoms with Gasteiger partial charge in [0.2, 0.25) is 0 Å². The van der Waals surface area contributed by atoms with Crippen molar-refractivity contribution in [2.45, 2.75) is 11.8 Å². The second kappa shape index (κ2) is 11.0. The molecule has 1 aromatic heterocycles. The van der Waals surface area contributed by atoms with E-state index in [1.165, 1.54) is 61.8 Å². The summed E-state index contributed by atoms with van der Waals surface area (Å²) in [4.78, 5) is 16.5. The summed E-state index contributed by atoms with van der Waals surface area (Å²) >= 11 is 6.04. The van der Waals surface area contributed by atoms with Gasteiger partial charge in [0, 0.05) is 16.8 Å². The topological polar surface area (TPSA) is 107 Å². The second-order valence-electron chi connectivity index (χ2n) is 7.90. The minimum atomic E-state index is -3.93. The number of pyridine rings is 1. The van der Waals surface area contributed by atoms with E-state index in [4.69, 9.17) is 21.1 Å². The molecule has 0 aliphatic heterocycles. The molecule has 8 nitrogen and oxygen atoms in total. The Kier molecular flexibility index (Phi) is 7.79. The number of nitrogens with one attached hydrogen (secondary N) is 2. The van der Waals surface area contributed by atoms with Gasteiger partial charge >= 0.3 is 5.97 Å². The van der Waals surface area contributed by atoms with E-state index in [1.807, 2.05) is 0 Å². The Morgan fingerprint density at radius 2 is 1.74 bits per heavy atom. The molecule has 38 heavy (non-hydrogen) atoms. The van der Waals surface area contributed by atoms with Crippen molar-refractivity contribution in [2.24, 2.45) is 0 Å². The van der Waals surface area contributed by atoms with Crippen molar-refractivity contribution in [3.05, 3.63) is 101 Å². The molecule has 0 aliphatic rings. The summed E-state index contributed by atoms with van der Waals surface area (Å²) in [6.45, 7) is 1.60. The Labute approximate surface area is 222 Å². The van der Waals surface area contributed by atoms with Crippen LogP contribution in [0.1, 0.15) is 15.9 Å². The van der Waals surface area contributed by atoms with Crippen LogP contribution in [0, 0.1) is 18.6 Å². The lowest BCUT2D eigenvalue weighted by atomic mass is 10.1. The quantitative estimate of drug-likeness (QED) is 0.239. The zero-order valence-corrected chi connectivity index (χ0v) is 21.5. The Morgan fingerprint density at radius 3 is 2.42 bits per heavy atom. The molecule has 196 valence electrons. The lowest BCUT2D eigenvalue weighted by molar-refractivity contribution is 0.0601. The fourth-order valence-electron chi connectivity index (χ4n) is 3.41. The number of esters is 1. The molecule has 4 rings (SSSR count). The van der Waals surface area contributed by atoms with Crippen LogP contribution in [-0.4, -0.2) is 26.5 Å². The number of benzene rings is 3. The van der Waals surface area contributed by atoms with E-state index in [0.717, 1.165) is 12.1 Å². The van der Waals surface area contributed by atoms with Crippen molar-refractivity contribution >= 4 is 44.8 Å². The third kappa shape index (κ3) is 6.01. The predicted molar refractivity (Wildman–Crippen MR) is 139 cm³/mol. The lowest BCUT2D eigenvalue weighted by Gasteiger charge is -2.14. The van der Waals surface area contributed by atoms with Gasteiger partial charge in [0.25, 0.3) is 10.0 Å². The smallest absolute Gasteiger partial charge is 0.340 e. The molecule has 0 unspecified atom stereocenters. The van der Waals surface area contributed by atoms with Crippen molar-refractivity contribution in [1.29, 1.82) is 0 Å². The zero-order valence-electron chi connectivity index (χ0n) is 20.0. The molecule has 1 heterocycles. The molecule has 0 aliphatic carbocycles. The minimum absolute atomic E-state index is 0.0274. The molecule has 0 saturated carbocycles. The standard InChI is InChI=1S/C26H20ClF2N3O5S/c1-15-20(27)4-3-5-24(15)38(34,35)32-25-11-8-18(14-30-25)37-17-7-10-23(19(13-17)26(33)36-2)31-16-6-9-21(28)22(29)12-16/h3-14,31H,1-2H3,(H,30,32). The maximum absolute atomic E-state index is 13.6. The summed E-state index contributed by atoms with van der Waals surface area (Å²) in [5.74, 6) is -2.19. The van der Waals surface area contributed by atoms with Crippen LogP contribution in [0.2, 0.25) is 5.02 Å². The Hall–Kier alpha value is -4.22. The molecule has 0 saturated heterocycles. The number of carbonyl (C=O) groups excluding carboxylic acids is 1. The number of aromatic nitrogens is 1. The Balaban J connectivity index is 1.52. The molecule has 0 bridgehead atoms. The van der Waals surface area contributed by atoms with Crippen molar-refractivity contribution in [1.82, 2.24) is 4.98 Å². The van der Waals surface area contributed by atoms with E-state index in [0.29, 0.717) is 10.6 Å².